The molecule has 0 bridgehead atoms. The number of nitrogens with one attached hydrogen (secondary N) is 1. The van der Waals surface area contributed by atoms with Gasteiger partial charge in [-0.05, 0) is 43.0 Å². The van der Waals surface area contributed by atoms with Crippen LogP contribution in [0.3, 0.4) is 0 Å². The summed E-state index contributed by atoms with van der Waals surface area (Å²) in [5.41, 5.74) is 2.13. The first-order chi connectivity index (χ1) is 12.1. The van der Waals surface area contributed by atoms with Crippen LogP contribution in [0.1, 0.15) is 30.9 Å². The average molecular weight is 359 g/mol. The van der Waals surface area contributed by atoms with Crippen molar-refractivity contribution in [2.75, 3.05) is 5.32 Å². The zero-order valence-corrected chi connectivity index (χ0v) is 14.1. The van der Waals surface area contributed by atoms with Gasteiger partial charge in [0.25, 0.3) is 0 Å². The summed E-state index contributed by atoms with van der Waals surface area (Å²) >= 11 is 6.00. The van der Waals surface area contributed by atoms with Crippen LogP contribution in [0.4, 0.5) is 10.3 Å². The number of amides is 1. The third-order valence-corrected chi connectivity index (χ3v) is 4.67. The van der Waals surface area contributed by atoms with Crippen molar-refractivity contribution in [3.63, 3.8) is 0 Å². The minimum Gasteiger partial charge on any atom is -0.296 e. The second kappa shape index (κ2) is 6.44. The standard InChI is InChI=1S/C18H16ClFN4O/c19-12-9-15-17(21-10-12)24(14-2-1-3-14)18(22-15)23-16(25)8-11-4-6-13(20)7-5-11/h4-7,9-10,14H,1-3,8H2,(H,22,23,25). The fourth-order valence-corrected chi connectivity index (χ4v) is 3.15. The van der Waals surface area contributed by atoms with Gasteiger partial charge >= 0.3 is 0 Å². The molecule has 0 aliphatic heterocycles. The maximum Gasteiger partial charge on any atom is 0.231 e. The van der Waals surface area contributed by atoms with Gasteiger partial charge in [-0.2, -0.15) is 0 Å². The lowest BCUT2D eigenvalue weighted by Gasteiger charge is -2.28. The zero-order chi connectivity index (χ0) is 17.4. The molecule has 4 rings (SSSR count). The van der Waals surface area contributed by atoms with Crippen LogP contribution in [0.25, 0.3) is 11.2 Å². The summed E-state index contributed by atoms with van der Waals surface area (Å²) in [6, 6.07) is 7.93. The Morgan fingerprint density at radius 2 is 2.08 bits per heavy atom. The maximum atomic E-state index is 13.0. The van der Waals surface area contributed by atoms with Crippen LogP contribution < -0.4 is 5.32 Å². The summed E-state index contributed by atoms with van der Waals surface area (Å²) in [7, 11) is 0. The molecule has 1 fully saturated rings. The Labute approximate surface area is 148 Å². The van der Waals surface area contributed by atoms with Crippen molar-refractivity contribution in [3.05, 3.63) is 52.9 Å². The van der Waals surface area contributed by atoms with E-state index in [9.17, 15) is 9.18 Å². The largest absolute Gasteiger partial charge is 0.296 e. The minimum atomic E-state index is -0.320. The highest BCUT2D eigenvalue weighted by Crippen LogP contribution is 2.36. The molecule has 128 valence electrons. The lowest BCUT2D eigenvalue weighted by Crippen LogP contribution is -2.23. The van der Waals surface area contributed by atoms with E-state index in [1.165, 1.54) is 12.1 Å². The molecule has 2 heterocycles. The number of fused-ring (bicyclic) bond motifs is 1. The number of halogens is 2. The number of benzene rings is 1. The van der Waals surface area contributed by atoms with Gasteiger partial charge in [-0.3, -0.25) is 14.7 Å². The number of rotatable bonds is 4. The molecule has 5 nitrogen and oxygen atoms in total. The number of carbonyl (C=O) groups excluding carboxylic acids is 1. The van der Waals surface area contributed by atoms with Gasteiger partial charge in [-0.1, -0.05) is 23.7 Å². The van der Waals surface area contributed by atoms with E-state index in [-0.39, 0.29) is 18.1 Å². The molecule has 7 heteroatoms. The summed E-state index contributed by atoms with van der Waals surface area (Å²) in [6.07, 6.45) is 4.97. The first-order valence-electron chi connectivity index (χ1n) is 8.18. The van der Waals surface area contributed by atoms with Gasteiger partial charge < -0.3 is 0 Å². The van der Waals surface area contributed by atoms with Crippen molar-refractivity contribution in [2.45, 2.75) is 31.7 Å². The molecule has 1 aliphatic rings. The van der Waals surface area contributed by atoms with Crippen molar-refractivity contribution >= 4 is 34.6 Å². The lowest BCUT2D eigenvalue weighted by molar-refractivity contribution is -0.115. The average Bonchev–Trinajstić information content (AvgIpc) is 2.85. The Bertz CT molecular complexity index is 934. The van der Waals surface area contributed by atoms with Gasteiger partial charge in [-0.15, -0.1) is 0 Å². The van der Waals surface area contributed by atoms with Gasteiger partial charge in [0, 0.05) is 12.2 Å². The Morgan fingerprint density at radius 1 is 1.32 bits per heavy atom. The van der Waals surface area contributed by atoms with E-state index in [2.05, 4.69) is 15.3 Å². The second-order valence-electron chi connectivity index (χ2n) is 6.24. The van der Waals surface area contributed by atoms with E-state index in [1.54, 1.807) is 24.4 Å². The Morgan fingerprint density at radius 3 is 2.76 bits per heavy atom. The van der Waals surface area contributed by atoms with E-state index in [0.717, 1.165) is 30.5 Å². The second-order valence-corrected chi connectivity index (χ2v) is 6.67. The number of carbonyl (C=O) groups is 1. The third kappa shape index (κ3) is 3.22. The van der Waals surface area contributed by atoms with Gasteiger partial charge in [0.05, 0.1) is 11.4 Å². The molecule has 1 aliphatic carbocycles. The fourth-order valence-electron chi connectivity index (χ4n) is 2.99. The van der Waals surface area contributed by atoms with Crippen LogP contribution in [0.15, 0.2) is 36.5 Å². The normalized spacial score (nSPS) is 14.5. The van der Waals surface area contributed by atoms with E-state index in [0.29, 0.717) is 22.5 Å². The SMILES string of the molecule is O=C(Cc1ccc(F)cc1)Nc1nc2cc(Cl)cnc2n1C1CCC1. The van der Waals surface area contributed by atoms with Crippen molar-refractivity contribution in [2.24, 2.45) is 0 Å². The molecule has 0 atom stereocenters. The van der Waals surface area contributed by atoms with E-state index >= 15 is 0 Å². The van der Waals surface area contributed by atoms with Crippen molar-refractivity contribution in [1.82, 2.24) is 14.5 Å². The monoisotopic (exact) mass is 358 g/mol. The molecule has 0 spiro atoms. The molecule has 0 unspecified atom stereocenters. The third-order valence-electron chi connectivity index (χ3n) is 4.47. The van der Waals surface area contributed by atoms with Gasteiger partial charge in [0.15, 0.2) is 5.65 Å². The lowest BCUT2D eigenvalue weighted by atomic mass is 9.93. The highest BCUT2D eigenvalue weighted by molar-refractivity contribution is 6.31. The van der Waals surface area contributed by atoms with Crippen molar-refractivity contribution in [1.29, 1.82) is 0 Å². The topological polar surface area (TPSA) is 59.8 Å². The number of anilines is 1. The number of hydrogen-bond donors (Lipinski definition) is 1. The number of pyridine rings is 1. The van der Waals surface area contributed by atoms with Gasteiger partial charge in [0.1, 0.15) is 11.3 Å². The van der Waals surface area contributed by atoms with Crippen LogP contribution in [0.2, 0.25) is 5.02 Å². The molecular weight excluding hydrogens is 343 g/mol. The Hall–Kier alpha value is -2.47. The molecule has 1 N–H and O–H groups in total. The van der Waals surface area contributed by atoms with E-state index < -0.39 is 0 Å². The van der Waals surface area contributed by atoms with Crippen molar-refractivity contribution < 1.29 is 9.18 Å². The maximum absolute atomic E-state index is 13.0. The molecule has 1 aromatic carbocycles. The summed E-state index contributed by atoms with van der Waals surface area (Å²) in [5.74, 6) is -0.0333. The molecule has 1 saturated carbocycles. The van der Waals surface area contributed by atoms with Crippen LogP contribution in [-0.2, 0) is 11.2 Å². The quantitative estimate of drug-likeness (QED) is 0.762. The number of hydrogen-bond acceptors (Lipinski definition) is 3. The molecule has 2 aromatic heterocycles. The van der Waals surface area contributed by atoms with Crippen LogP contribution in [0, 0.1) is 5.82 Å². The highest BCUT2D eigenvalue weighted by Gasteiger charge is 2.26. The van der Waals surface area contributed by atoms with Crippen LogP contribution >= 0.6 is 11.6 Å². The first-order valence-corrected chi connectivity index (χ1v) is 8.56. The zero-order valence-electron chi connectivity index (χ0n) is 13.4. The van der Waals surface area contributed by atoms with Crippen LogP contribution in [-0.4, -0.2) is 20.4 Å². The minimum absolute atomic E-state index is 0.155. The molecule has 1 amide bonds. The smallest absolute Gasteiger partial charge is 0.231 e. The molecule has 0 saturated heterocycles. The number of aromatic nitrogens is 3. The fraction of sp³-hybridized carbons (Fsp3) is 0.278. The van der Waals surface area contributed by atoms with Gasteiger partial charge in [-0.25, -0.2) is 14.4 Å². The first kappa shape index (κ1) is 16.0. The highest BCUT2D eigenvalue weighted by atomic mass is 35.5. The summed E-state index contributed by atoms with van der Waals surface area (Å²) in [4.78, 5) is 21.3. The van der Waals surface area contributed by atoms with E-state index in [1.807, 2.05) is 4.57 Å². The molecule has 25 heavy (non-hydrogen) atoms. The number of imidazole rings is 1. The Balaban J connectivity index is 1.61. The predicted molar refractivity (Wildman–Crippen MR) is 94.2 cm³/mol. The summed E-state index contributed by atoms with van der Waals surface area (Å²) in [5, 5.41) is 3.38. The summed E-state index contributed by atoms with van der Waals surface area (Å²) in [6.45, 7) is 0. The van der Waals surface area contributed by atoms with Crippen LogP contribution in [0.5, 0.6) is 0 Å². The molecular formula is C18H16ClFN4O. The summed E-state index contributed by atoms with van der Waals surface area (Å²) < 4.78 is 15.0. The predicted octanol–water partition coefficient (Wildman–Crippen LogP) is 4.13. The van der Waals surface area contributed by atoms with E-state index in [4.69, 9.17) is 11.6 Å². The Kier molecular flexibility index (Phi) is 4.13. The molecule has 0 radical (unpaired) electrons. The van der Waals surface area contributed by atoms with Crippen molar-refractivity contribution in [3.8, 4) is 0 Å². The molecule has 3 aromatic rings. The number of nitrogens with zero attached hydrogens (tertiary/aromatic N) is 3. The van der Waals surface area contributed by atoms with Gasteiger partial charge in [0.2, 0.25) is 11.9 Å².